The maximum Gasteiger partial charge on any atom is 0.113 e. The van der Waals surface area contributed by atoms with Crippen molar-refractivity contribution in [1.29, 1.82) is 0 Å². The number of hydrogen-bond acceptors (Lipinski definition) is 3. The van der Waals surface area contributed by atoms with Crippen molar-refractivity contribution >= 4 is 76.9 Å². The van der Waals surface area contributed by atoms with Gasteiger partial charge in [0.25, 0.3) is 0 Å². The maximum absolute atomic E-state index is 11.0. The van der Waals surface area contributed by atoms with Gasteiger partial charge in [0.05, 0.1) is 27.2 Å². The quantitative estimate of drug-likeness (QED) is 0.252. The Morgan fingerprint density at radius 3 is 1.94 bits per heavy atom. The van der Waals surface area contributed by atoms with E-state index in [0.717, 1.165) is 58.3 Å². The van der Waals surface area contributed by atoms with E-state index in [0.29, 0.717) is 10.0 Å². The van der Waals surface area contributed by atoms with Crippen LogP contribution in [0.3, 0.4) is 0 Å². The Labute approximate surface area is 226 Å². The van der Waals surface area contributed by atoms with Crippen LogP contribution < -0.4 is 0 Å². The minimum atomic E-state index is -0.535. The van der Waals surface area contributed by atoms with Crippen LogP contribution in [0.4, 0.5) is 0 Å². The molecule has 2 heterocycles. The number of rotatable bonds is 5. The van der Waals surface area contributed by atoms with Crippen molar-refractivity contribution in [3.8, 4) is 0 Å². The molecule has 178 valence electrons. The Morgan fingerprint density at radius 1 is 0.824 bits per heavy atom. The molecule has 0 saturated carbocycles. The second-order valence-corrected chi connectivity index (χ2v) is 11.6. The molecule has 1 fully saturated rings. The first kappa shape index (κ1) is 24.6. The lowest BCUT2D eigenvalue weighted by Gasteiger charge is -2.41. The molecule has 0 spiro atoms. The van der Waals surface area contributed by atoms with Crippen molar-refractivity contribution in [3.63, 3.8) is 0 Å². The standard InChI is InChI=1S/C26H25Br2Cl2N3O/c1-16(34)26(32-10-8-31(9-11-32)15-17-2-5-22(29)23(30)12-17)33-24-6-3-18(27)13-20(24)21-14-19(28)4-7-25(21)33/h2-7,12-14,16,26,34H,8-11,15H2,1H3. The molecule has 4 nitrogen and oxygen atoms in total. The van der Waals surface area contributed by atoms with Crippen LogP contribution in [-0.4, -0.2) is 51.8 Å². The highest BCUT2D eigenvalue weighted by molar-refractivity contribution is 9.10. The van der Waals surface area contributed by atoms with E-state index in [1.807, 2.05) is 25.1 Å². The number of nitrogens with zero attached hydrogens (tertiary/aromatic N) is 3. The van der Waals surface area contributed by atoms with Gasteiger partial charge in [-0.15, -0.1) is 0 Å². The van der Waals surface area contributed by atoms with Crippen molar-refractivity contribution in [2.24, 2.45) is 0 Å². The zero-order valence-electron chi connectivity index (χ0n) is 18.7. The van der Waals surface area contributed by atoms with Crippen LogP contribution in [0.1, 0.15) is 18.7 Å². The molecule has 1 aliphatic rings. The van der Waals surface area contributed by atoms with E-state index in [-0.39, 0.29) is 6.17 Å². The molecule has 3 aromatic carbocycles. The van der Waals surface area contributed by atoms with Crippen molar-refractivity contribution < 1.29 is 5.11 Å². The fraction of sp³-hybridized carbons (Fsp3) is 0.308. The average molecular weight is 626 g/mol. The number of piperazine rings is 1. The lowest BCUT2D eigenvalue weighted by Crippen LogP contribution is -2.50. The van der Waals surface area contributed by atoms with Gasteiger partial charge >= 0.3 is 0 Å². The summed E-state index contributed by atoms with van der Waals surface area (Å²) in [6.45, 7) is 6.29. The number of aliphatic hydroxyl groups is 1. The zero-order chi connectivity index (χ0) is 24.0. The van der Waals surface area contributed by atoms with Crippen LogP contribution in [0.2, 0.25) is 10.0 Å². The smallest absolute Gasteiger partial charge is 0.113 e. The molecule has 0 radical (unpaired) electrons. The number of hydrogen-bond donors (Lipinski definition) is 1. The SMILES string of the molecule is CC(O)C(N1CCN(Cc2ccc(Cl)c(Cl)c2)CC1)n1c2ccc(Br)cc2c2cc(Br)ccc21. The van der Waals surface area contributed by atoms with E-state index < -0.39 is 6.10 Å². The van der Waals surface area contributed by atoms with Gasteiger partial charge in [0, 0.05) is 52.4 Å². The lowest BCUT2D eigenvalue weighted by molar-refractivity contribution is -0.00679. The molecule has 4 aromatic rings. The molecule has 1 saturated heterocycles. The van der Waals surface area contributed by atoms with Crippen LogP contribution in [-0.2, 0) is 6.54 Å². The maximum atomic E-state index is 11.0. The summed E-state index contributed by atoms with van der Waals surface area (Å²) in [6.07, 6.45) is -0.692. The lowest BCUT2D eigenvalue weighted by atomic mass is 10.1. The summed E-state index contributed by atoms with van der Waals surface area (Å²) in [5.74, 6) is 0. The molecule has 1 aromatic heterocycles. The summed E-state index contributed by atoms with van der Waals surface area (Å²) >= 11 is 19.5. The average Bonchev–Trinajstić information content (AvgIpc) is 3.10. The monoisotopic (exact) mass is 623 g/mol. The third-order valence-electron chi connectivity index (χ3n) is 6.59. The molecule has 8 heteroatoms. The van der Waals surface area contributed by atoms with E-state index in [1.54, 1.807) is 0 Å². The minimum absolute atomic E-state index is 0.158. The Morgan fingerprint density at radius 2 is 1.41 bits per heavy atom. The first-order chi connectivity index (χ1) is 16.3. The first-order valence-electron chi connectivity index (χ1n) is 11.3. The van der Waals surface area contributed by atoms with Gasteiger partial charge in [0.1, 0.15) is 6.17 Å². The fourth-order valence-electron chi connectivity index (χ4n) is 5.05. The van der Waals surface area contributed by atoms with E-state index in [1.165, 1.54) is 10.8 Å². The Balaban J connectivity index is 1.44. The molecule has 0 amide bonds. The Hall–Kier alpha value is -1.12. The summed E-state index contributed by atoms with van der Waals surface area (Å²) in [5.41, 5.74) is 3.41. The summed E-state index contributed by atoms with van der Waals surface area (Å²) in [6, 6.07) is 18.6. The second-order valence-electron chi connectivity index (χ2n) is 8.91. The van der Waals surface area contributed by atoms with Gasteiger partial charge in [-0.2, -0.15) is 0 Å². The summed E-state index contributed by atoms with van der Waals surface area (Å²) < 4.78 is 4.40. The highest BCUT2D eigenvalue weighted by atomic mass is 79.9. The van der Waals surface area contributed by atoms with E-state index >= 15 is 0 Å². The topological polar surface area (TPSA) is 31.6 Å². The van der Waals surface area contributed by atoms with Crippen LogP contribution in [0.15, 0.2) is 63.5 Å². The third kappa shape index (κ3) is 4.79. The number of halogens is 4. The highest BCUT2D eigenvalue weighted by Gasteiger charge is 2.31. The normalized spacial score (nSPS) is 17.5. The van der Waals surface area contributed by atoms with Crippen LogP contribution in [0.25, 0.3) is 21.8 Å². The van der Waals surface area contributed by atoms with Crippen molar-refractivity contribution in [2.45, 2.75) is 25.7 Å². The van der Waals surface area contributed by atoms with E-state index in [4.69, 9.17) is 23.2 Å². The molecule has 34 heavy (non-hydrogen) atoms. The van der Waals surface area contributed by atoms with Gasteiger partial charge in [0.2, 0.25) is 0 Å². The van der Waals surface area contributed by atoms with Crippen molar-refractivity contribution in [2.75, 3.05) is 26.2 Å². The molecule has 2 unspecified atom stereocenters. The number of aromatic nitrogens is 1. The molecular formula is C26H25Br2Cl2N3O. The van der Waals surface area contributed by atoms with Crippen LogP contribution >= 0.6 is 55.1 Å². The van der Waals surface area contributed by atoms with Gasteiger partial charge < -0.3 is 9.67 Å². The van der Waals surface area contributed by atoms with Crippen LogP contribution in [0.5, 0.6) is 0 Å². The molecular weight excluding hydrogens is 601 g/mol. The molecule has 0 bridgehead atoms. The van der Waals surface area contributed by atoms with E-state index in [9.17, 15) is 5.11 Å². The van der Waals surface area contributed by atoms with Gasteiger partial charge in [-0.25, -0.2) is 0 Å². The predicted octanol–water partition coefficient (Wildman–Crippen LogP) is 7.32. The molecule has 5 rings (SSSR count). The van der Waals surface area contributed by atoms with Gasteiger partial charge in [-0.1, -0.05) is 61.1 Å². The summed E-state index contributed by atoms with van der Waals surface area (Å²) in [5, 5.41) is 14.5. The predicted molar refractivity (Wildman–Crippen MR) is 149 cm³/mol. The third-order valence-corrected chi connectivity index (χ3v) is 8.32. The molecule has 2 atom stereocenters. The Kier molecular flexibility index (Phi) is 7.29. The van der Waals surface area contributed by atoms with Gasteiger partial charge in [0.15, 0.2) is 0 Å². The van der Waals surface area contributed by atoms with E-state index in [2.05, 4.69) is 82.6 Å². The largest absolute Gasteiger partial charge is 0.390 e. The fourth-order valence-corrected chi connectivity index (χ4v) is 6.09. The Bertz CT molecular complexity index is 1290. The summed E-state index contributed by atoms with van der Waals surface area (Å²) in [4.78, 5) is 4.83. The van der Waals surface area contributed by atoms with Crippen molar-refractivity contribution in [1.82, 2.24) is 14.4 Å². The highest BCUT2D eigenvalue weighted by Crippen LogP contribution is 2.37. The first-order valence-corrected chi connectivity index (χ1v) is 13.6. The molecule has 1 N–H and O–H groups in total. The molecule has 1 aliphatic heterocycles. The number of fused-ring (bicyclic) bond motifs is 3. The van der Waals surface area contributed by atoms with Gasteiger partial charge in [-0.05, 0) is 61.0 Å². The second kappa shape index (κ2) is 10.1. The zero-order valence-corrected chi connectivity index (χ0v) is 23.4. The number of benzene rings is 3. The van der Waals surface area contributed by atoms with Gasteiger partial charge in [-0.3, -0.25) is 9.80 Å². The van der Waals surface area contributed by atoms with Crippen LogP contribution in [0, 0.1) is 0 Å². The van der Waals surface area contributed by atoms with Crippen molar-refractivity contribution in [3.05, 3.63) is 79.2 Å². The molecule has 0 aliphatic carbocycles. The summed E-state index contributed by atoms with van der Waals surface area (Å²) in [7, 11) is 0. The number of aliphatic hydroxyl groups excluding tert-OH is 1. The minimum Gasteiger partial charge on any atom is -0.390 e.